The molecule has 4 fully saturated rings. The molecule has 8 atom stereocenters. The average Bonchev–Trinajstić information content (AvgIpc) is 3.09. The van der Waals surface area contributed by atoms with Crippen molar-refractivity contribution in [1.82, 2.24) is 0 Å². The summed E-state index contributed by atoms with van der Waals surface area (Å²) in [7, 11) is 0. The first-order chi connectivity index (χ1) is 8.86. The molecule has 0 aromatic carbocycles. The van der Waals surface area contributed by atoms with Gasteiger partial charge in [-0.15, -0.1) is 0 Å². The molecule has 0 aromatic rings. The number of hydrogen-bond donors (Lipinski definition) is 2. The Bertz CT molecular complexity index is 420. The molecule has 0 aromatic heterocycles. The highest BCUT2D eigenvalue weighted by Gasteiger charge is 2.82. The molecule has 2 heterocycles. The van der Waals surface area contributed by atoms with E-state index in [9.17, 15) is 10.2 Å². The van der Waals surface area contributed by atoms with Crippen LogP contribution in [0.4, 0.5) is 0 Å². The lowest BCUT2D eigenvalue weighted by atomic mass is 9.49. The zero-order valence-corrected chi connectivity index (χ0v) is 11.9. The normalized spacial score (nSPS) is 67.1. The van der Waals surface area contributed by atoms with Gasteiger partial charge in [0.15, 0.2) is 0 Å². The molecule has 4 rings (SSSR count). The van der Waals surface area contributed by atoms with Gasteiger partial charge in [0.25, 0.3) is 0 Å². The molecule has 2 saturated heterocycles. The van der Waals surface area contributed by atoms with Gasteiger partial charge in [0, 0.05) is 17.3 Å². The lowest BCUT2D eigenvalue weighted by Crippen LogP contribution is -2.69. The van der Waals surface area contributed by atoms with Crippen LogP contribution in [0.25, 0.3) is 0 Å². The molecule has 0 amide bonds. The van der Waals surface area contributed by atoms with E-state index in [-0.39, 0.29) is 17.8 Å². The molecule has 6 unspecified atom stereocenters. The van der Waals surface area contributed by atoms with Crippen LogP contribution in [0.1, 0.15) is 40.0 Å². The van der Waals surface area contributed by atoms with Gasteiger partial charge in [0.1, 0.15) is 5.60 Å². The smallest absolute Gasteiger partial charge is 0.126 e. The SMILES string of the molecule is CC1CC(O)[C@@]2(C)C(C1)OC1CC(O)[C@@]2(C)C12CO2. The number of ether oxygens (including phenoxy) is 2. The first-order valence-electron chi connectivity index (χ1n) is 7.52. The maximum absolute atomic E-state index is 10.8. The number of fused-ring (bicyclic) bond motifs is 2. The van der Waals surface area contributed by atoms with Crippen LogP contribution in [-0.2, 0) is 9.47 Å². The minimum Gasteiger partial charge on any atom is -0.392 e. The van der Waals surface area contributed by atoms with Gasteiger partial charge in [-0.2, -0.15) is 0 Å². The number of aliphatic hydroxyl groups excluding tert-OH is 2. The molecule has 4 heteroatoms. The predicted molar refractivity (Wildman–Crippen MR) is 68.6 cm³/mol. The summed E-state index contributed by atoms with van der Waals surface area (Å²) >= 11 is 0. The van der Waals surface area contributed by atoms with Crippen molar-refractivity contribution in [2.75, 3.05) is 6.61 Å². The molecule has 19 heavy (non-hydrogen) atoms. The van der Waals surface area contributed by atoms with Crippen LogP contribution in [-0.4, -0.2) is 46.8 Å². The van der Waals surface area contributed by atoms with E-state index in [0.29, 0.717) is 18.9 Å². The number of hydrogen-bond acceptors (Lipinski definition) is 4. The van der Waals surface area contributed by atoms with E-state index in [4.69, 9.17) is 9.47 Å². The van der Waals surface area contributed by atoms with Crippen LogP contribution in [0.2, 0.25) is 0 Å². The number of epoxide rings is 1. The molecule has 108 valence electrons. The van der Waals surface area contributed by atoms with Crippen LogP contribution in [0.3, 0.4) is 0 Å². The van der Waals surface area contributed by atoms with Gasteiger partial charge in [-0.3, -0.25) is 0 Å². The summed E-state index contributed by atoms with van der Waals surface area (Å²) in [5.41, 5.74) is -1.16. The Hall–Kier alpha value is -0.160. The molecule has 4 aliphatic rings. The second-order valence-corrected chi connectivity index (χ2v) is 7.62. The van der Waals surface area contributed by atoms with Crippen molar-refractivity contribution in [3.63, 3.8) is 0 Å². The van der Waals surface area contributed by atoms with E-state index >= 15 is 0 Å². The van der Waals surface area contributed by atoms with Crippen LogP contribution in [0.5, 0.6) is 0 Å². The summed E-state index contributed by atoms with van der Waals surface area (Å²) in [6.45, 7) is 7.04. The topological polar surface area (TPSA) is 62.2 Å². The molecule has 2 bridgehead atoms. The van der Waals surface area contributed by atoms with Crippen LogP contribution >= 0.6 is 0 Å². The predicted octanol–water partition coefficient (Wildman–Crippen LogP) is 1.09. The van der Waals surface area contributed by atoms with Gasteiger partial charge in [-0.1, -0.05) is 20.8 Å². The summed E-state index contributed by atoms with van der Waals surface area (Å²) in [5, 5.41) is 21.4. The van der Waals surface area contributed by atoms with Crippen LogP contribution in [0.15, 0.2) is 0 Å². The average molecular weight is 268 g/mol. The van der Waals surface area contributed by atoms with Crippen LogP contribution in [0, 0.1) is 16.7 Å². The van der Waals surface area contributed by atoms with Crippen molar-refractivity contribution < 1.29 is 19.7 Å². The molecular weight excluding hydrogens is 244 g/mol. The second kappa shape index (κ2) is 3.35. The highest BCUT2D eigenvalue weighted by atomic mass is 16.6. The van der Waals surface area contributed by atoms with E-state index < -0.39 is 23.0 Å². The maximum Gasteiger partial charge on any atom is 0.126 e. The minimum absolute atomic E-state index is 0.00285. The van der Waals surface area contributed by atoms with Crippen molar-refractivity contribution in [3.05, 3.63) is 0 Å². The van der Waals surface area contributed by atoms with Crippen molar-refractivity contribution in [3.8, 4) is 0 Å². The molecular formula is C15H24O4. The van der Waals surface area contributed by atoms with Crippen LogP contribution < -0.4 is 0 Å². The lowest BCUT2D eigenvalue weighted by molar-refractivity contribution is -0.266. The maximum atomic E-state index is 10.8. The quantitative estimate of drug-likeness (QED) is 0.646. The Kier molecular flexibility index (Phi) is 2.22. The van der Waals surface area contributed by atoms with Crippen molar-refractivity contribution in [2.45, 2.75) is 70.1 Å². The molecule has 2 aliphatic heterocycles. The zero-order chi connectivity index (χ0) is 13.6. The Labute approximate surface area is 114 Å². The third kappa shape index (κ3) is 1.13. The third-order valence-electron chi connectivity index (χ3n) is 7.01. The standard InChI is InChI=1S/C15H24O4/c1-8-4-9(16)13(2)11(5-8)19-12-6-10(17)14(13,3)15(12)7-18-15/h8-12,16-17H,4-7H2,1-3H3/t8?,9?,10?,11?,12?,13-,14+,15?/m0/s1. The largest absolute Gasteiger partial charge is 0.392 e. The van der Waals surface area contributed by atoms with E-state index in [2.05, 4.69) is 20.8 Å². The Morgan fingerprint density at radius 1 is 1.00 bits per heavy atom. The van der Waals surface area contributed by atoms with Gasteiger partial charge in [0.2, 0.25) is 0 Å². The molecule has 0 radical (unpaired) electrons. The first-order valence-corrected chi connectivity index (χ1v) is 7.52. The summed E-state index contributed by atoms with van der Waals surface area (Å²) in [5.74, 6) is 0.474. The van der Waals surface area contributed by atoms with Crippen molar-refractivity contribution >= 4 is 0 Å². The van der Waals surface area contributed by atoms with Gasteiger partial charge in [-0.25, -0.2) is 0 Å². The molecule has 4 nitrogen and oxygen atoms in total. The monoisotopic (exact) mass is 268 g/mol. The molecule has 2 aliphatic carbocycles. The minimum atomic E-state index is -0.446. The third-order valence-corrected chi connectivity index (χ3v) is 7.01. The Morgan fingerprint density at radius 2 is 1.68 bits per heavy atom. The fourth-order valence-corrected chi connectivity index (χ4v) is 5.41. The second-order valence-electron chi connectivity index (χ2n) is 7.62. The summed E-state index contributed by atoms with van der Waals surface area (Å²) < 4.78 is 12.1. The fraction of sp³-hybridized carbons (Fsp3) is 1.00. The van der Waals surface area contributed by atoms with Crippen molar-refractivity contribution in [1.29, 1.82) is 0 Å². The summed E-state index contributed by atoms with van der Waals surface area (Å²) in [4.78, 5) is 0. The van der Waals surface area contributed by atoms with E-state index in [0.717, 1.165) is 12.8 Å². The highest BCUT2D eigenvalue weighted by molar-refractivity contribution is 5.29. The highest BCUT2D eigenvalue weighted by Crippen LogP contribution is 2.71. The van der Waals surface area contributed by atoms with E-state index in [1.165, 1.54) is 0 Å². The molecule has 2 N–H and O–H groups in total. The van der Waals surface area contributed by atoms with E-state index in [1.807, 2.05) is 0 Å². The number of rotatable bonds is 0. The van der Waals surface area contributed by atoms with Gasteiger partial charge < -0.3 is 19.7 Å². The van der Waals surface area contributed by atoms with Gasteiger partial charge in [0.05, 0.1) is 31.0 Å². The number of aliphatic hydroxyl groups is 2. The summed E-state index contributed by atoms with van der Waals surface area (Å²) in [6.07, 6.45) is 1.57. The zero-order valence-electron chi connectivity index (χ0n) is 11.9. The fourth-order valence-electron chi connectivity index (χ4n) is 5.41. The Morgan fingerprint density at radius 3 is 2.32 bits per heavy atom. The molecule has 2 saturated carbocycles. The van der Waals surface area contributed by atoms with Gasteiger partial charge in [-0.05, 0) is 18.8 Å². The van der Waals surface area contributed by atoms with E-state index in [1.54, 1.807) is 0 Å². The van der Waals surface area contributed by atoms with Crippen molar-refractivity contribution in [2.24, 2.45) is 16.7 Å². The Balaban J connectivity index is 1.85. The lowest BCUT2D eigenvalue weighted by Gasteiger charge is -2.60. The molecule has 1 spiro atoms. The summed E-state index contributed by atoms with van der Waals surface area (Å²) in [6, 6.07) is 0. The van der Waals surface area contributed by atoms with Gasteiger partial charge >= 0.3 is 0 Å². The first kappa shape index (κ1) is 12.6.